The summed E-state index contributed by atoms with van der Waals surface area (Å²) < 4.78 is 31.0. The van der Waals surface area contributed by atoms with Crippen LogP contribution in [0, 0.1) is 6.92 Å². The van der Waals surface area contributed by atoms with Crippen molar-refractivity contribution < 1.29 is 13.2 Å². The van der Waals surface area contributed by atoms with Crippen molar-refractivity contribution in [2.45, 2.75) is 76.0 Å². The van der Waals surface area contributed by atoms with E-state index in [0.29, 0.717) is 24.3 Å². The van der Waals surface area contributed by atoms with Gasteiger partial charge in [-0.15, -0.1) is 0 Å². The summed E-state index contributed by atoms with van der Waals surface area (Å²) in [7, 11) is -3.37. The van der Waals surface area contributed by atoms with Gasteiger partial charge in [0.25, 0.3) is 0 Å². The molecule has 1 rings (SSSR count). The first-order valence-electron chi connectivity index (χ1n) is 8.03. The fourth-order valence-corrected chi connectivity index (χ4v) is 3.94. The molecule has 0 saturated heterocycles. The standard InChI is InChI=1S/C18H30O3S/c1-7-17(4,5)21-14-13-18(6,8-2)22(19,20)16-11-9-15(3)10-12-16/h9-12H,7-8,13-14H2,1-6H3. The Morgan fingerprint density at radius 3 is 2.00 bits per heavy atom. The monoisotopic (exact) mass is 326 g/mol. The molecule has 0 aromatic heterocycles. The average Bonchev–Trinajstić information content (AvgIpc) is 2.47. The molecule has 0 aliphatic rings. The first-order valence-corrected chi connectivity index (χ1v) is 9.51. The van der Waals surface area contributed by atoms with E-state index < -0.39 is 14.6 Å². The number of ether oxygens (including phenoxy) is 1. The number of aryl methyl sites for hydroxylation is 1. The Morgan fingerprint density at radius 2 is 1.55 bits per heavy atom. The Balaban J connectivity index is 2.94. The van der Waals surface area contributed by atoms with Crippen molar-refractivity contribution in [3.63, 3.8) is 0 Å². The third-order valence-electron chi connectivity index (χ3n) is 4.70. The summed E-state index contributed by atoms with van der Waals surface area (Å²) in [5.74, 6) is 0. The van der Waals surface area contributed by atoms with Crippen molar-refractivity contribution in [3.8, 4) is 0 Å². The van der Waals surface area contributed by atoms with Gasteiger partial charge in [-0.25, -0.2) is 8.42 Å². The maximum absolute atomic E-state index is 13.0. The molecule has 0 fully saturated rings. The Hall–Kier alpha value is -0.870. The lowest BCUT2D eigenvalue weighted by Gasteiger charge is -2.31. The van der Waals surface area contributed by atoms with Crippen LogP contribution < -0.4 is 0 Å². The van der Waals surface area contributed by atoms with Crippen LogP contribution in [0.4, 0.5) is 0 Å². The average molecular weight is 327 g/mol. The van der Waals surface area contributed by atoms with E-state index in [-0.39, 0.29) is 5.60 Å². The second-order valence-corrected chi connectivity index (χ2v) is 9.30. The van der Waals surface area contributed by atoms with E-state index in [0.717, 1.165) is 12.0 Å². The lowest BCUT2D eigenvalue weighted by atomic mass is 10.0. The summed E-state index contributed by atoms with van der Waals surface area (Å²) in [6.07, 6.45) is 1.98. The molecule has 0 amide bonds. The number of rotatable bonds is 8. The zero-order valence-corrected chi connectivity index (χ0v) is 15.6. The van der Waals surface area contributed by atoms with E-state index in [1.54, 1.807) is 12.1 Å². The predicted octanol–water partition coefficient (Wildman–Crippen LogP) is 4.53. The van der Waals surface area contributed by atoms with Crippen molar-refractivity contribution >= 4 is 9.84 Å². The van der Waals surface area contributed by atoms with E-state index in [2.05, 4.69) is 6.92 Å². The van der Waals surface area contributed by atoms with E-state index >= 15 is 0 Å². The Bertz CT molecular complexity index is 573. The topological polar surface area (TPSA) is 43.4 Å². The number of hydrogen-bond acceptors (Lipinski definition) is 3. The minimum Gasteiger partial charge on any atom is -0.376 e. The molecule has 1 aromatic rings. The summed E-state index contributed by atoms with van der Waals surface area (Å²) in [5.41, 5.74) is 0.854. The largest absolute Gasteiger partial charge is 0.376 e. The molecule has 1 unspecified atom stereocenters. The molecule has 0 saturated carbocycles. The van der Waals surface area contributed by atoms with Crippen LogP contribution in [0.2, 0.25) is 0 Å². The van der Waals surface area contributed by atoms with Crippen LogP contribution >= 0.6 is 0 Å². The molecular formula is C18H30O3S. The molecule has 0 N–H and O–H groups in total. The van der Waals surface area contributed by atoms with E-state index in [4.69, 9.17) is 4.74 Å². The molecule has 3 nitrogen and oxygen atoms in total. The van der Waals surface area contributed by atoms with Crippen LogP contribution in [0.15, 0.2) is 29.2 Å². The SMILES string of the molecule is CCC(C)(C)OCCC(C)(CC)S(=O)(=O)c1ccc(C)cc1. The minimum atomic E-state index is -3.37. The van der Waals surface area contributed by atoms with Crippen LogP contribution in [-0.4, -0.2) is 25.4 Å². The number of sulfone groups is 1. The van der Waals surface area contributed by atoms with Gasteiger partial charge >= 0.3 is 0 Å². The fourth-order valence-electron chi connectivity index (χ4n) is 2.15. The Kier molecular flexibility index (Phi) is 6.22. The molecule has 0 heterocycles. The Labute approximate surface area is 136 Å². The van der Waals surface area contributed by atoms with Gasteiger partial charge in [0.2, 0.25) is 0 Å². The summed E-state index contributed by atoms with van der Waals surface area (Å²) >= 11 is 0. The second kappa shape index (κ2) is 7.14. The third kappa shape index (κ3) is 4.32. The summed E-state index contributed by atoms with van der Waals surface area (Å²) in [6, 6.07) is 7.10. The predicted molar refractivity (Wildman–Crippen MR) is 92.0 cm³/mol. The highest BCUT2D eigenvalue weighted by Crippen LogP contribution is 2.32. The molecule has 0 bridgehead atoms. The summed E-state index contributed by atoms with van der Waals surface area (Å²) in [5, 5.41) is 0. The van der Waals surface area contributed by atoms with Gasteiger partial charge in [0.05, 0.1) is 15.2 Å². The van der Waals surface area contributed by atoms with Gasteiger partial charge in [0.1, 0.15) is 0 Å². The molecule has 0 spiro atoms. The second-order valence-electron chi connectivity index (χ2n) is 6.83. The van der Waals surface area contributed by atoms with Crippen LogP contribution in [-0.2, 0) is 14.6 Å². The van der Waals surface area contributed by atoms with Gasteiger partial charge in [-0.1, -0.05) is 31.5 Å². The number of hydrogen-bond donors (Lipinski definition) is 0. The fraction of sp³-hybridized carbons (Fsp3) is 0.667. The van der Waals surface area contributed by atoms with E-state index in [1.165, 1.54) is 0 Å². The molecule has 126 valence electrons. The maximum atomic E-state index is 13.0. The molecular weight excluding hydrogens is 296 g/mol. The van der Waals surface area contributed by atoms with Gasteiger partial charge in [-0.2, -0.15) is 0 Å². The van der Waals surface area contributed by atoms with Crippen molar-refractivity contribution in [1.82, 2.24) is 0 Å². The molecule has 4 heteroatoms. The molecule has 1 aromatic carbocycles. The van der Waals surface area contributed by atoms with Gasteiger partial charge in [-0.3, -0.25) is 0 Å². The lowest BCUT2D eigenvalue weighted by molar-refractivity contribution is -0.0239. The quantitative estimate of drug-likeness (QED) is 0.705. The molecule has 0 aliphatic heterocycles. The zero-order chi connectivity index (χ0) is 17.0. The van der Waals surface area contributed by atoms with Crippen LogP contribution in [0.25, 0.3) is 0 Å². The van der Waals surface area contributed by atoms with Crippen LogP contribution in [0.1, 0.15) is 59.4 Å². The highest BCUT2D eigenvalue weighted by Gasteiger charge is 2.38. The summed E-state index contributed by atoms with van der Waals surface area (Å²) in [6.45, 7) is 12.3. The minimum absolute atomic E-state index is 0.206. The number of benzene rings is 1. The van der Waals surface area contributed by atoms with Crippen LogP contribution in [0.3, 0.4) is 0 Å². The third-order valence-corrected chi connectivity index (χ3v) is 7.39. The van der Waals surface area contributed by atoms with Crippen molar-refractivity contribution in [2.75, 3.05) is 6.61 Å². The van der Waals surface area contributed by atoms with E-state index in [9.17, 15) is 8.42 Å². The molecule has 1 atom stereocenters. The first-order chi connectivity index (χ1) is 10.1. The normalized spacial score (nSPS) is 15.5. The van der Waals surface area contributed by atoms with Gasteiger partial charge in [0, 0.05) is 6.61 Å². The van der Waals surface area contributed by atoms with Gasteiger partial charge in [0.15, 0.2) is 9.84 Å². The first kappa shape index (κ1) is 19.2. The van der Waals surface area contributed by atoms with Crippen molar-refractivity contribution in [3.05, 3.63) is 29.8 Å². The van der Waals surface area contributed by atoms with Gasteiger partial charge < -0.3 is 4.74 Å². The zero-order valence-electron chi connectivity index (χ0n) is 14.8. The molecule has 0 aliphatic carbocycles. The van der Waals surface area contributed by atoms with Gasteiger partial charge in [-0.05, 0) is 59.1 Å². The lowest BCUT2D eigenvalue weighted by Crippen LogP contribution is -2.37. The van der Waals surface area contributed by atoms with Crippen molar-refractivity contribution in [2.24, 2.45) is 0 Å². The van der Waals surface area contributed by atoms with Crippen molar-refractivity contribution in [1.29, 1.82) is 0 Å². The smallest absolute Gasteiger partial charge is 0.183 e. The Morgan fingerprint density at radius 1 is 1.00 bits per heavy atom. The van der Waals surface area contributed by atoms with Crippen LogP contribution in [0.5, 0.6) is 0 Å². The van der Waals surface area contributed by atoms with E-state index in [1.807, 2.05) is 46.8 Å². The maximum Gasteiger partial charge on any atom is 0.183 e. The summed E-state index contributed by atoms with van der Waals surface area (Å²) in [4.78, 5) is 0.400. The molecule has 22 heavy (non-hydrogen) atoms. The highest BCUT2D eigenvalue weighted by molar-refractivity contribution is 7.92. The molecule has 0 radical (unpaired) electrons. The highest BCUT2D eigenvalue weighted by atomic mass is 32.2.